The van der Waals surface area contributed by atoms with Crippen molar-refractivity contribution >= 4 is 14.1 Å². The number of rotatable bonds is 3. The average molecular weight is 269 g/mol. The Kier molecular flexibility index (Phi) is 4.49. The van der Waals surface area contributed by atoms with Crippen molar-refractivity contribution in [1.82, 2.24) is 0 Å². The summed E-state index contributed by atoms with van der Waals surface area (Å²) in [6.07, 6.45) is 4.70. The molecule has 1 rings (SSSR count). The maximum Gasteiger partial charge on any atom is 0.192 e. The lowest BCUT2D eigenvalue weighted by atomic mass is 9.78. The first-order valence-corrected chi connectivity index (χ1v) is 9.94. The highest BCUT2D eigenvalue weighted by atomic mass is 28.4. The maximum absolute atomic E-state index is 11.6. The van der Waals surface area contributed by atoms with Crippen LogP contribution in [0.4, 0.5) is 0 Å². The third-order valence-electron chi connectivity index (χ3n) is 4.54. The van der Waals surface area contributed by atoms with Crippen LogP contribution in [0.1, 0.15) is 53.9 Å². The molecule has 3 heteroatoms. The van der Waals surface area contributed by atoms with Gasteiger partial charge in [-0.3, -0.25) is 4.79 Å². The smallest absolute Gasteiger partial charge is 0.192 e. The largest absolute Gasteiger partial charge is 0.412 e. The minimum atomic E-state index is -1.78. The monoisotopic (exact) mass is 269 g/mol. The third-order valence-corrected chi connectivity index (χ3v) is 9.19. The molecule has 1 radical (unpaired) electrons. The lowest BCUT2D eigenvalue weighted by Gasteiger charge is -2.46. The molecule has 1 aliphatic carbocycles. The summed E-state index contributed by atoms with van der Waals surface area (Å²) in [4.78, 5) is 11.6. The van der Waals surface area contributed by atoms with Crippen LogP contribution in [-0.4, -0.2) is 19.7 Å². The van der Waals surface area contributed by atoms with E-state index in [4.69, 9.17) is 4.43 Å². The normalized spacial score (nSPS) is 23.3. The Morgan fingerprint density at radius 1 is 1.22 bits per heavy atom. The third kappa shape index (κ3) is 3.67. The van der Waals surface area contributed by atoms with Gasteiger partial charge in [0.05, 0.1) is 5.60 Å². The summed E-state index contributed by atoms with van der Waals surface area (Å²) in [6, 6.07) is 0. The summed E-state index contributed by atoms with van der Waals surface area (Å²) in [5.74, 6) is 0.561. The molecule has 0 spiro atoms. The Hall–Kier alpha value is -0.153. The van der Waals surface area contributed by atoms with Crippen LogP contribution < -0.4 is 0 Å². The molecule has 0 N–H and O–H groups in total. The topological polar surface area (TPSA) is 26.3 Å². The van der Waals surface area contributed by atoms with Gasteiger partial charge in [-0.25, -0.2) is 0 Å². The maximum atomic E-state index is 11.6. The van der Waals surface area contributed by atoms with Crippen molar-refractivity contribution in [3.05, 3.63) is 6.42 Å². The summed E-state index contributed by atoms with van der Waals surface area (Å²) < 4.78 is 6.53. The summed E-state index contributed by atoms with van der Waals surface area (Å²) in [7, 11) is -1.78. The predicted molar refractivity (Wildman–Crippen MR) is 79.0 cm³/mol. The van der Waals surface area contributed by atoms with Gasteiger partial charge in [0, 0.05) is 12.8 Å². The highest BCUT2D eigenvalue weighted by Gasteiger charge is 2.44. The Morgan fingerprint density at radius 2 is 1.78 bits per heavy atom. The molecule has 2 nitrogen and oxygen atoms in total. The standard InChI is InChI=1S/C15H29O2Si/c1-14(2,3)18(6,7)17-15(4,5)12-9-8-10-13(16)11-12/h11-12H,8-10H2,1-7H3. The molecule has 0 bridgehead atoms. The van der Waals surface area contributed by atoms with Crippen LogP contribution >= 0.6 is 0 Å². The zero-order valence-electron chi connectivity index (χ0n) is 13.1. The van der Waals surface area contributed by atoms with Crippen molar-refractivity contribution in [3.63, 3.8) is 0 Å². The Bertz CT molecular complexity index is 313. The van der Waals surface area contributed by atoms with Gasteiger partial charge < -0.3 is 4.43 Å². The van der Waals surface area contributed by atoms with Gasteiger partial charge in [-0.1, -0.05) is 20.8 Å². The second-order valence-corrected chi connectivity index (χ2v) is 12.3. The molecule has 0 aromatic rings. The molecule has 0 amide bonds. The molecule has 105 valence electrons. The second kappa shape index (κ2) is 5.08. The van der Waals surface area contributed by atoms with E-state index in [0.29, 0.717) is 6.42 Å². The quantitative estimate of drug-likeness (QED) is 0.712. The van der Waals surface area contributed by atoms with Gasteiger partial charge in [-0.05, 0) is 50.7 Å². The number of Topliss-reactive ketones (excluding diaryl/α,β-unsaturated/α-hetero) is 1. The van der Waals surface area contributed by atoms with Crippen LogP contribution in [0.25, 0.3) is 0 Å². The fourth-order valence-electron chi connectivity index (χ4n) is 2.32. The Morgan fingerprint density at radius 3 is 2.22 bits per heavy atom. The van der Waals surface area contributed by atoms with Gasteiger partial charge in [-0.15, -0.1) is 0 Å². The zero-order valence-corrected chi connectivity index (χ0v) is 14.1. The highest BCUT2D eigenvalue weighted by Crippen LogP contribution is 2.42. The first-order valence-electron chi connectivity index (χ1n) is 7.03. The summed E-state index contributed by atoms with van der Waals surface area (Å²) in [5.41, 5.74) is -0.223. The van der Waals surface area contributed by atoms with Crippen molar-refractivity contribution in [2.24, 2.45) is 5.92 Å². The molecule has 1 unspecified atom stereocenters. The van der Waals surface area contributed by atoms with Gasteiger partial charge in [-0.2, -0.15) is 0 Å². The number of carbonyl (C=O) groups is 1. The highest BCUT2D eigenvalue weighted by molar-refractivity contribution is 6.74. The fraction of sp³-hybridized carbons (Fsp3) is 0.867. The fourth-order valence-corrected chi connectivity index (χ4v) is 4.09. The molecule has 1 atom stereocenters. The van der Waals surface area contributed by atoms with Crippen molar-refractivity contribution in [2.75, 3.05) is 0 Å². The molecule has 1 fully saturated rings. The number of hydrogen-bond donors (Lipinski definition) is 0. The minimum absolute atomic E-state index is 0.211. The summed E-state index contributed by atoms with van der Waals surface area (Å²) >= 11 is 0. The molecule has 0 aromatic carbocycles. The van der Waals surface area contributed by atoms with E-state index in [1.807, 2.05) is 6.42 Å². The molecule has 1 saturated carbocycles. The Labute approximate surface area is 114 Å². The molecular weight excluding hydrogens is 240 g/mol. The molecule has 0 aliphatic heterocycles. The number of hydrogen-bond acceptors (Lipinski definition) is 2. The number of carbonyl (C=O) groups excluding carboxylic acids is 1. The van der Waals surface area contributed by atoms with Crippen molar-refractivity contribution in [1.29, 1.82) is 0 Å². The van der Waals surface area contributed by atoms with Crippen LogP contribution in [0.2, 0.25) is 18.1 Å². The zero-order chi connectivity index (χ0) is 14.2. The van der Waals surface area contributed by atoms with Crippen LogP contribution in [0.3, 0.4) is 0 Å². The van der Waals surface area contributed by atoms with E-state index in [-0.39, 0.29) is 22.3 Å². The van der Waals surface area contributed by atoms with Gasteiger partial charge >= 0.3 is 0 Å². The SMILES string of the molecule is CC(C)(O[Si](C)(C)C(C)(C)C)C1[CH]C(=O)CCC1. The molecule has 18 heavy (non-hydrogen) atoms. The van der Waals surface area contributed by atoms with Crippen LogP contribution in [-0.2, 0) is 9.22 Å². The predicted octanol–water partition coefficient (Wildman–Crippen LogP) is 4.36. The second-order valence-electron chi connectivity index (χ2n) is 7.60. The molecular formula is C15H29O2Si. The van der Waals surface area contributed by atoms with Crippen molar-refractivity contribution in [2.45, 2.75) is 77.6 Å². The average Bonchev–Trinajstić information content (AvgIpc) is 2.14. The van der Waals surface area contributed by atoms with E-state index in [9.17, 15) is 4.79 Å². The molecule has 1 aliphatic rings. The first kappa shape index (κ1) is 15.9. The van der Waals surface area contributed by atoms with E-state index < -0.39 is 8.32 Å². The van der Waals surface area contributed by atoms with Gasteiger partial charge in [0.2, 0.25) is 0 Å². The molecule has 0 heterocycles. The Balaban J connectivity index is 2.77. The van der Waals surface area contributed by atoms with Gasteiger partial charge in [0.25, 0.3) is 0 Å². The summed E-state index contributed by atoms with van der Waals surface area (Å²) in [6.45, 7) is 15.6. The minimum Gasteiger partial charge on any atom is -0.412 e. The first-order chi connectivity index (χ1) is 7.96. The van der Waals surface area contributed by atoms with E-state index in [1.54, 1.807) is 0 Å². The van der Waals surface area contributed by atoms with Crippen molar-refractivity contribution in [3.8, 4) is 0 Å². The van der Waals surface area contributed by atoms with E-state index in [1.165, 1.54) is 0 Å². The molecule has 0 saturated heterocycles. The van der Waals surface area contributed by atoms with Crippen LogP contribution in [0.15, 0.2) is 0 Å². The van der Waals surface area contributed by atoms with Gasteiger partial charge in [0.1, 0.15) is 5.78 Å². The lowest BCUT2D eigenvalue weighted by molar-refractivity contribution is -0.119. The summed E-state index contributed by atoms with van der Waals surface area (Å²) in [5, 5.41) is 0.211. The van der Waals surface area contributed by atoms with E-state index in [0.717, 1.165) is 12.8 Å². The molecule has 0 aromatic heterocycles. The van der Waals surface area contributed by atoms with E-state index in [2.05, 4.69) is 47.7 Å². The van der Waals surface area contributed by atoms with Gasteiger partial charge in [0.15, 0.2) is 8.32 Å². The van der Waals surface area contributed by atoms with Crippen LogP contribution in [0.5, 0.6) is 0 Å². The number of ketones is 1. The van der Waals surface area contributed by atoms with Crippen LogP contribution in [0, 0.1) is 12.3 Å². The van der Waals surface area contributed by atoms with E-state index >= 15 is 0 Å². The lowest BCUT2D eigenvalue weighted by Crippen LogP contribution is -2.51. The van der Waals surface area contributed by atoms with Crippen molar-refractivity contribution < 1.29 is 9.22 Å².